The Morgan fingerprint density at radius 3 is 2.26 bits per heavy atom. The standard InChI is InChI=1S/C16H25NO2/c1-12(2)17-11-6-5-8-13(17)16-14(18-3)9-7-10-15(16)19-4/h7,9-10,12-13H,5-6,8,11H2,1-4H3/t13-/m1/s1. The van der Waals surface area contributed by atoms with Crippen LogP contribution < -0.4 is 9.47 Å². The highest BCUT2D eigenvalue weighted by molar-refractivity contribution is 5.47. The molecule has 0 aromatic heterocycles. The van der Waals surface area contributed by atoms with Gasteiger partial charge in [0.05, 0.1) is 19.8 Å². The van der Waals surface area contributed by atoms with Crippen LogP contribution in [0.1, 0.15) is 44.7 Å². The maximum Gasteiger partial charge on any atom is 0.127 e. The van der Waals surface area contributed by atoms with Crippen molar-refractivity contribution in [1.29, 1.82) is 0 Å². The van der Waals surface area contributed by atoms with Crippen LogP contribution in [-0.2, 0) is 0 Å². The van der Waals surface area contributed by atoms with E-state index in [0.717, 1.165) is 18.0 Å². The Kier molecular flexibility index (Phi) is 4.70. The van der Waals surface area contributed by atoms with Gasteiger partial charge in [0.15, 0.2) is 0 Å². The van der Waals surface area contributed by atoms with Gasteiger partial charge in [-0.15, -0.1) is 0 Å². The van der Waals surface area contributed by atoms with Crippen LogP contribution in [0.5, 0.6) is 11.5 Å². The number of nitrogens with zero attached hydrogens (tertiary/aromatic N) is 1. The lowest BCUT2D eigenvalue weighted by atomic mass is 9.92. The minimum absolute atomic E-state index is 0.403. The van der Waals surface area contributed by atoms with E-state index in [1.807, 2.05) is 18.2 Å². The van der Waals surface area contributed by atoms with E-state index in [4.69, 9.17) is 9.47 Å². The highest BCUT2D eigenvalue weighted by Gasteiger charge is 2.30. The molecule has 1 atom stereocenters. The van der Waals surface area contributed by atoms with Gasteiger partial charge in [0.1, 0.15) is 11.5 Å². The SMILES string of the molecule is COc1cccc(OC)c1[C@H]1CCCCN1C(C)C. The second-order valence-electron chi connectivity index (χ2n) is 5.42. The molecule has 3 nitrogen and oxygen atoms in total. The maximum absolute atomic E-state index is 5.56. The second-order valence-corrected chi connectivity index (χ2v) is 5.42. The van der Waals surface area contributed by atoms with Crippen LogP contribution in [0, 0.1) is 0 Å². The first-order valence-electron chi connectivity index (χ1n) is 7.15. The molecule has 1 aromatic rings. The van der Waals surface area contributed by atoms with E-state index in [2.05, 4.69) is 18.7 Å². The summed E-state index contributed by atoms with van der Waals surface area (Å²) in [5.74, 6) is 1.88. The Morgan fingerprint density at radius 1 is 1.11 bits per heavy atom. The minimum Gasteiger partial charge on any atom is -0.496 e. The summed E-state index contributed by atoms with van der Waals surface area (Å²) in [5.41, 5.74) is 1.21. The van der Waals surface area contributed by atoms with Crippen molar-refractivity contribution in [2.75, 3.05) is 20.8 Å². The van der Waals surface area contributed by atoms with Crippen LogP contribution in [0.4, 0.5) is 0 Å². The van der Waals surface area contributed by atoms with Crippen LogP contribution in [0.15, 0.2) is 18.2 Å². The van der Waals surface area contributed by atoms with Crippen LogP contribution in [0.3, 0.4) is 0 Å². The molecular formula is C16H25NO2. The van der Waals surface area contributed by atoms with Crippen LogP contribution in [0.25, 0.3) is 0 Å². The normalized spacial score (nSPS) is 20.6. The summed E-state index contributed by atoms with van der Waals surface area (Å²) in [7, 11) is 3.47. The minimum atomic E-state index is 0.403. The summed E-state index contributed by atoms with van der Waals surface area (Å²) in [6.45, 7) is 5.68. The van der Waals surface area contributed by atoms with Crippen molar-refractivity contribution >= 4 is 0 Å². The molecule has 106 valence electrons. The summed E-state index contributed by atoms with van der Waals surface area (Å²) < 4.78 is 11.1. The van der Waals surface area contributed by atoms with E-state index in [-0.39, 0.29) is 0 Å². The molecule has 2 rings (SSSR count). The lowest BCUT2D eigenvalue weighted by molar-refractivity contribution is 0.108. The third-order valence-electron chi connectivity index (χ3n) is 4.01. The van der Waals surface area contributed by atoms with Gasteiger partial charge >= 0.3 is 0 Å². The largest absolute Gasteiger partial charge is 0.496 e. The molecular weight excluding hydrogens is 238 g/mol. The highest BCUT2D eigenvalue weighted by atomic mass is 16.5. The van der Waals surface area contributed by atoms with Gasteiger partial charge in [-0.1, -0.05) is 12.5 Å². The Balaban J connectivity index is 2.42. The molecule has 0 N–H and O–H groups in total. The van der Waals surface area contributed by atoms with E-state index < -0.39 is 0 Å². The highest BCUT2D eigenvalue weighted by Crippen LogP contribution is 2.42. The predicted molar refractivity (Wildman–Crippen MR) is 78.0 cm³/mol. The van der Waals surface area contributed by atoms with Gasteiger partial charge in [-0.25, -0.2) is 0 Å². The van der Waals surface area contributed by atoms with E-state index in [1.54, 1.807) is 14.2 Å². The molecule has 0 amide bonds. The van der Waals surface area contributed by atoms with Crippen molar-refractivity contribution in [3.05, 3.63) is 23.8 Å². The quantitative estimate of drug-likeness (QED) is 0.828. The Labute approximate surface area is 116 Å². The van der Waals surface area contributed by atoms with E-state index in [1.165, 1.54) is 24.8 Å². The van der Waals surface area contributed by atoms with E-state index in [0.29, 0.717) is 12.1 Å². The first kappa shape index (κ1) is 14.2. The van der Waals surface area contributed by atoms with Crippen molar-refractivity contribution in [3.63, 3.8) is 0 Å². The van der Waals surface area contributed by atoms with Crippen molar-refractivity contribution in [2.45, 2.75) is 45.2 Å². The van der Waals surface area contributed by atoms with Crippen molar-refractivity contribution in [3.8, 4) is 11.5 Å². The molecule has 0 radical (unpaired) electrons. The summed E-state index contributed by atoms with van der Waals surface area (Å²) in [4.78, 5) is 2.56. The zero-order chi connectivity index (χ0) is 13.8. The van der Waals surface area contributed by atoms with Crippen LogP contribution in [0.2, 0.25) is 0 Å². The summed E-state index contributed by atoms with van der Waals surface area (Å²) in [6.07, 6.45) is 3.73. The van der Waals surface area contributed by atoms with Gasteiger partial charge in [-0.2, -0.15) is 0 Å². The molecule has 1 saturated heterocycles. The zero-order valence-electron chi connectivity index (χ0n) is 12.5. The maximum atomic E-state index is 5.56. The molecule has 1 aliphatic heterocycles. The fraction of sp³-hybridized carbons (Fsp3) is 0.625. The number of methoxy groups -OCH3 is 2. The van der Waals surface area contributed by atoms with Gasteiger partial charge in [0.25, 0.3) is 0 Å². The zero-order valence-corrected chi connectivity index (χ0v) is 12.5. The predicted octanol–water partition coefficient (Wildman–Crippen LogP) is 3.64. The third kappa shape index (κ3) is 2.86. The van der Waals surface area contributed by atoms with Crippen LogP contribution in [-0.4, -0.2) is 31.7 Å². The van der Waals surface area contributed by atoms with Crippen LogP contribution >= 0.6 is 0 Å². The molecule has 0 unspecified atom stereocenters. The van der Waals surface area contributed by atoms with Crippen molar-refractivity contribution in [1.82, 2.24) is 4.90 Å². The average molecular weight is 263 g/mol. The smallest absolute Gasteiger partial charge is 0.127 e. The van der Waals surface area contributed by atoms with Crippen molar-refractivity contribution < 1.29 is 9.47 Å². The van der Waals surface area contributed by atoms with Gasteiger partial charge in [0.2, 0.25) is 0 Å². The monoisotopic (exact) mass is 263 g/mol. The number of rotatable bonds is 4. The molecule has 0 aliphatic carbocycles. The molecule has 1 fully saturated rings. The number of likely N-dealkylation sites (tertiary alicyclic amines) is 1. The Hall–Kier alpha value is -1.22. The topological polar surface area (TPSA) is 21.7 Å². The Morgan fingerprint density at radius 2 is 1.74 bits per heavy atom. The molecule has 1 aromatic carbocycles. The fourth-order valence-electron chi connectivity index (χ4n) is 3.09. The van der Waals surface area contributed by atoms with Gasteiger partial charge in [0, 0.05) is 12.1 Å². The molecule has 1 heterocycles. The summed E-state index contributed by atoms with van der Waals surface area (Å²) >= 11 is 0. The first-order valence-corrected chi connectivity index (χ1v) is 7.15. The molecule has 3 heteroatoms. The first-order chi connectivity index (χ1) is 9.19. The average Bonchev–Trinajstić information content (AvgIpc) is 2.46. The summed E-state index contributed by atoms with van der Waals surface area (Å²) in [5, 5.41) is 0. The molecule has 0 spiro atoms. The lowest BCUT2D eigenvalue weighted by Gasteiger charge is -2.39. The number of hydrogen-bond acceptors (Lipinski definition) is 3. The lowest BCUT2D eigenvalue weighted by Crippen LogP contribution is -2.38. The molecule has 0 saturated carbocycles. The van der Waals surface area contributed by atoms with Gasteiger partial charge < -0.3 is 9.47 Å². The summed E-state index contributed by atoms with van der Waals surface area (Å²) in [6, 6.07) is 7.00. The molecule has 0 bridgehead atoms. The second kappa shape index (κ2) is 6.29. The van der Waals surface area contributed by atoms with Crippen molar-refractivity contribution in [2.24, 2.45) is 0 Å². The Bertz CT molecular complexity index is 395. The molecule has 19 heavy (non-hydrogen) atoms. The van der Waals surface area contributed by atoms with Gasteiger partial charge in [-0.3, -0.25) is 4.90 Å². The van der Waals surface area contributed by atoms with E-state index >= 15 is 0 Å². The molecule has 1 aliphatic rings. The van der Waals surface area contributed by atoms with Gasteiger partial charge in [-0.05, 0) is 45.4 Å². The fourth-order valence-corrected chi connectivity index (χ4v) is 3.09. The number of piperidine rings is 1. The number of hydrogen-bond donors (Lipinski definition) is 0. The number of ether oxygens (including phenoxy) is 2. The number of benzene rings is 1. The third-order valence-corrected chi connectivity index (χ3v) is 4.01. The van der Waals surface area contributed by atoms with E-state index in [9.17, 15) is 0 Å².